The normalized spacial score (nSPS) is 12.0. The Balaban J connectivity index is 3.34. The molecule has 0 aromatic rings. The second kappa shape index (κ2) is 4.88. The van der Waals surface area contributed by atoms with E-state index in [4.69, 9.17) is 9.47 Å². The van der Waals surface area contributed by atoms with E-state index in [2.05, 4.69) is 0 Å². The van der Waals surface area contributed by atoms with Gasteiger partial charge in [-0.1, -0.05) is 0 Å². The Labute approximate surface area is 66.3 Å². The first-order valence-corrected chi connectivity index (χ1v) is 4.48. The molecule has 0 spiro atoms. The molecule has 3 heteroatoms. The quantitative estimate of drug-likeness (QED) is 0.447. The highest BCUT2D eigenvalue weighted by Gasteiger charge is 2.05. The molecular weight excluding hydrogens is 144 g/mol. The summed E-state index contributed by atoms with van der Waals surface area (Å²) in [6.07, 6.45) is 0.502. The van der Waals surface area contributed by atoms with Crippen LogP contribution < -0.4 is 0 Å². The number of hydrogen-bond donors (Lipinski definition) is 0. The summed E-state index contributed by atoms with van der Waals surface area (Å²) in [4.78, 5) is 0. The summed E-state index contributed by atoms with van der Waals surface area (Å²) in [5.74, 6) is -0.0556. The van der Waals surface area contributed by atoms with Crippen LogP contribution in [0.3, 0.4) is 0 Å². The lowest BCUT2D eigenvalue weighted by molar-refractivity contribution is -0.131. The van der Waals surface area contributed by atoms with Gasteiger partial charge in [0.2, 0.25) is 0 Å². The molecule has 0 amide bonds. The van der Waals surface area contributed by atoms with E-state index in [0.29, 0.717) is 0 Å². The average molecular weight is 161 g/mol. The predicted octanol–water partition coefficient (Wildman–Crippen LogP) is 0.753. The van der Waals surface area contributed by atoms with Gasteiger partial charge in [-0.3, -0.25) is 0 Å². The van der Waals surface area contributed by atoms with Gasteiger partial charge in [-0.25, -0.2) is 0 Å². The fourth-order valence-electron chi connectivity index (χ4n) is 0.639. The van der Waals surface area contributed by atoms with Crippen molar-refractivity contribution in [2.75, 3.05) is 0 Å². The number of rotatable bonds is 4. The molecule has 1 radical (unpaired) electrons. The molecule has 0 saturated heterocycles. The Hall–Kier alpha value is 0.137. The molecule has 0 aromatic carbocycles. The van der Waals surface area contributed by atoms with Crippen LogP contribution >= 0.6 is 0 Å². The maximum atomic E-state index is 5.35. The molecule has 0 aliphatic heterocycles. The molecule has 0 aromatic heterocycles. The van der Waals surface area contributed by atoms with Crippen molar-refractivity contribution in [1.82, 2.24) is 0 Å². The fraction of sp³-hybridized carbons (Fsp3) is 1.00. The Kier molecular flexibility index (Phi) is 4.94. The minimum absolute atomic E-state index is 0.0556. The molecule has 0 rings (SSSR count). The van der Waals surface area contributed by atoms with E-state index in [1.165, 1.54) is 0 Å². The first-order valence-electron chi connectivity index (χ1n) is 3.66. The molecule has 61 valence electrons. The van der Waals surface area contributed by atoms with Gasteiger partial charge in [-0.05, 0) is 27.7 Å². The van der Waals surface area contributed by atoms with Crippen molar-refractivity contribution in [2.24, 2.45) is 0 Å². The Morgan fingerprint density at radius 2 is 1.20 bits per heavy atom. The van der Waals surface area contributed by atoms with Crippen molar-refractivity contribution in [2.45, 2.75) is 45.8 Å². The minimum Gasteiger partial charge on any atom is -0.355 e. The lowest BCUT2D eigenvalue weighted by Crippen LogP contribution is -2.24. The highest BCUT2D eigenvalue weighted by Crippen LogP contribution is 1.99. The van der Waals surface area contributed by atoms with Gasteiger partial charge >= 0.3 is 0 Å². The highest BCUT2D eigenvalue weighted by atomic mass is 28.1. The highest BCUT2D eigenvalue weighted by molar-refractivity contribution is 6.10. The van der Waals surface area contributed by atoms with Crippen molar-refractivity contribution >= 4 is 10.2 Å². The maximum absolute atomic E-state index is 5.35. The Bertz CT molecular complexity index is 73.7. The van der Waals surface area contributed by atoms with E-state index in [9.17, 15) is 0 Å². The third-order valence-electron chi connectivity index (χ3n) is 0.848. The van der Waals surface area contributed by atoms with Crippen molar-refractivity contribution in [3.63, 3.8) is 0 Å². The van der Waals surface area contributed by atoms with Crippen LogP contribution in [-0.2, 0) is 9.47 Å². The molecule has 0 heterocycles. The van der Waals surface area contributed by atoms with Crippen LogP contribution in [-0.4, -0.2) is 28.4 Å². The van der Waals surface area contributed by atoms with E-state index >= 15 is 0 Å². The predicted molar refractivity (Wildman–Crippen MR) is 44.8 cm³/mol. The van der Waals surface area contributed by atoms with Gasteiger partial charge in [0.1, 0.15) is 5.91 Å². The van der Waals surface area contributed by atoms with Crippen LogP contribution in [0.5, 0.6) is 0 Å². The van der Waals surface area contributed by atoms with E-state index < -0.39 is 0 Å². The zero-order valence-corrected chi connectivity index (χ0v) is 8.67. The summed E-state index contributed by atoms with van der Waals surface area (Å²) in [5, 5.41) is 0. The molecule has 0 saturated carbocycles. The van der Waals surface area contributed by atoms with Gasteiger partial charge in [-0.15, -0.1) is 0 Å². The lowest BCUT2D eigenvalue weighted by atomic mass is 10.5. The summed E-state index contributed by atoms with van der Waals surface area (Å²) >= 11 is 0. The Morgan fingerprint density at radius 1 is 0.900 bits per heavy atom. The van der Waals surface area contributed by atoms with Gasteiger partial charge in [0.05, 0.1) is 22.5 Å². The van der Waals surface area contributed by atoms with Gasteiger partial charge < -0.3 is 9.47 Å². The standard InChI is InChI=1S/C7H17O2Si/c1-5(2)8-7(10)9-6(3)4/h5-7H,10H2,1-4H3. The molecular formula is C7H17O2Si. The molecule has 0 N–H and O–H groups in total. The van der Waals surface area contributed by atoms with Gasteiger partial charge in [0.15, 0.2) is 0 Å². The SMILES string of the molecule is CC(C)OC([SiH2])OC(C)C. The number of hydrogen-bond acceptors (Lipinski definition) is 2. The second-order valence-corrected chi connectivity index (χ2v) is 3.47. The lowest BCUT2D eigenvalue weighted by Gasteiger charge is -2.18. The maximum Gasteiger partial charge on any atom is 0.133 e. The van der Waals surface area contributed by atoms with Crippen molar-refractivity contribution < 1.29 is 9.47 Å². The van der Waals surface area contributed by atoms with Crippen LogP contribution in [0.2, 0.25) is 0 Å². The van der Waals surface area contributed by atoms with Crippen LogP contribution in [0.15, 0.2) is 0 Å². The van der Waals surface area contributed by atoms with Gasteiger partial charge in [0.25, 0.3) is 0 Å². The summed E-state index contributed by atoms with van der Waals surface area (Å²) in [6, 6.07) is 0. The molecule has 0 aliphatic rings. The summed E-state index contributed by atoms with van der Waals surface area (Å²) in [5.41, 5.74) is 0. The van der Waals surface area contributed by atoms with Crippen molar-refractivity contribution in [3.05, 3.63) is 0 Å². The second-order valence-electron chi connectivity index (χ2n) is 2.80. The zero-order valence-electron chi connectivity index (χ0n) is 7.26. The molecule has 0 fully saturated rings. The summed E-state index contributed by atoms with van der Waals surface area (Å²) < 4.78 is 10.7. The van der Waals surface area contributed by atoms with Gasteiger partial charge in [-0.2, -0.15) is 0 Å². The monoisotopic (exact) mass is 161 g/mol. The summed E-state index contributed by atoms with van der Waals surface area (Å²) in [6.45, 7) is 8.02. The molecule has 10 heavy (non-hydrogen) atoms. The first kappa shape index (κ1) is 10.1. The van der Waals surface area contributed by atoms with E-state index in [-0.39, 0.29) is 18.1 Å². The van der Waals surface area contributed by atoms with E-state index in [0.717, 1.165) is 0 Å². The number of ether oxygens (including phenoxy) is 2. The molecule has 2 nitrogen and oxygen atoms in total. The third kappa shape index (κ3) is 6.26. The van der Waals surface area contributed by atoms with Crippen molar-refractivity contribution in [3.8, 4) is 0 Å². The van der Waals surface area contributed by atoms with Crippen LogP contribution in [0.4, 0.5) is 0 Å². The fourth-order valence-corrected chi connectivity index (χ4v) is 1.41. The molecule has 0 aliphatic carbocycles. The van der Waals surface area contributed by atoms with Crippen LogP contribution in [0.1, 0.15) is 27.7 Å². The summed E-state index contributed by atoms with van der Waals surface area (Å²) in [7, 11) is 1.72. The smallest absolute Gasteiger partial charge is 0.133 e. The third-order valence-corrected chi connectivity index (χ3v) is 1.23. The topological polar surface area (TPSA) is 18.5 Å². The van der Waals surface area contributed by atoms with Crippen LogP contribution in [0, 0.1) is 0 Å². The average Bonchev–Trinajstić information content (AvgIpc) is 1.58. The molecule has 0 bridgehead atoms. The minimum atomic E-state index is -0.0556. The van der Waals surface area contributed by atoms with Crippen molar-refractivity contribution in [1.29, 1.82) is 0 Å². The van der Waals surface area contributed by atoms with Crippen LogP contribution in [0.25, 0.3) is 0 Å². The van der Waals surface area contributed by atoms with E-state index in [1.54, 1.807) is 10.2 Å². The zero-order chi connectivity index (χ0) is 8.15. The Morgan fingerprint density at radius 3 is 1.40 bits per heavy atom. The molecule has 0 atom stereocenters. The largest absolute Gasteiger partial charge is 0.355 e. The first-order chi connectivity index (χ1) is 4.52. The molecule has 0 unspecified atom stereocenters. The van der Waals surface area contributed by atoms with E-state index in [1.807, 2.05) is 27.7 Å². The van der Waals surface area contributed by atoms with Gasteiger partial charge in [0, 0.05) is 0 Å².